The van der Waals surface area contributed by atoms with Crippen LogP contribution in [0.15, 0.2) is 78.9 Å². The van der Waals surface area contributed by atoms with Crippen molar-refractivity contribution in [2.24, 2.45) is 0 Å². The van der Waals surface area contributed by atoms with E-state index in [9.17, 15) is 0 Å². The molecule has 0 bridgehead atoms. The van der Waals surface area contributed by atoms with E-state index < -0.39 is 0 Å². The van der Waals surface area contributed by atoms with Gasteiger partial charge in [0.05, 0.1) is 0 Å². The van der Waals surface area contributed by atoms with Gasteiger partial charge in [-0.2, -0.15) is 0 Å². The molecule has 5 rings (SSSR count). The molecule has 0 spiro atoms. The van der Waals surface area contributed by atoms with Crippen molar-refractivity contribution < 1.29 is 0 Å². The topological polar surface area (TPSA) is 0 Å². The van der Waals surface area contributed by atoms with Crippen LogP contribution in [0, 0.1) is 17.9 Å². The van der Waals surface area contributed by atoms with Gasteiger partial charge in [-0.05, 0) is 56.6 Å². The molecule has 0 aliphatic rings. The predicted octanol–water partition coefficient (Wildman–Crippen LogP) is 5.78. The van der Waals surface area contributed by atoms with Gasteiger partial charge in [-0.15, -0.1) is 0 Å². The van der Waals surface area contributed by atoms with Crippen LogP contribution in [-0.2, 0) is 0 Å². The largest absolute Gasteiger partial charge is 0.0616 e. The summed E-state index contributed by atoms with van der Waals surface area (Å²) in [4.78, 5) is 0. The van der Waals surface area contributed by atoms with Crippen molar-refractivity contribution in [1.29, 1.82) is 0 Å². The highest BCUT2D eigenvalue weighted by atomic mass is 14.1. The Hall–Kier alpha value is -3.30. The van der Waals surface area contributed by atoms with E-state index in [1.54, 1.807) is 0 Å². The van der Waals surface area contributed by atoms with E-state index in [0.29, 0.717) is 0 Å². The van der Waals surface area contributed by atoms with Crippen LogP contribution >= 0.6 is 0 Å². The second-order valence-corrected chi connectivity index (χ2v) is 6.01. The second-order valence-electron chi connectivity index (χ2n) is 6.01. The van der Waals surface area contributed by atoms with Crippen molar-refractivity contribution in [1.82, 2.24) is 0 Å². The quantitative estimate of drug-likeness (QED) is 0.251. The molecule has 0 saturated carbocycles. The molecule has 1 radical (unpaired) electrons. The van der Waals surface area contributed by atoms with Crippen LogP contribution in [0.2, 0.25) is 0 Å². The Morgan fingerprint density at radius 1 is 0.583 bits per heavy atom. The average molecular weight is 301 g/mol. The van der Waals surface area contributed by atoms with Crippen LogP contribution < -0.4 is 0 Å². The minimum absolute atomic E-state index is 1.01. The van der Waals surface area contributed by atoms with Gasteiger partial charge in [0.1, 0.15) is 0 Å². The number of rotatable bonds is 0. The molecule has 0 aliphatic heterocycles. The van der Waals surface area contributed by atoms with Gasteiger partial charge in [0.15, 0.2) is 0 Å². The van der Waals surface area contributed by atoms with Crippen molar-refractivity contribution in [3.63, 3.8) is 0 Å². The van der Waals surface area contributed by atoms with E-state index >= 15 is 0 Å². The first-order chi connectivity index (χ1) is 11.9. The van der Waals surface area contributed by atoms with E-state index in [4.69, 9.17) is 0 Å². The molecule has 0 nitrogen and oxygen atoms in total. The summed E-state index contributed by atoms with van der Waals surface area (Å²) in [7, 11) is 0. The third kappa shape index (κ3) is 1.96. The molecular weight excluding hydrogens is 288 g/mol. The van der Waals surface area contributed by atoms with Gasteiger partial charge >= 0.3 is 0 Å². The average Bonchev–Trinajstić information content (AvgIpc) is 2.66. The normalized spacial score (nSPS) is 11.0. The smallest absolute Gasteiger partial charge is 0.0328 e. The predicted molar refractivity (Wildman–Crippen MR) is 101 cm³/mol. The lowest BCUT2D eigenvalue weighted by Gasteiger charge is -2.11. The van der Waals surface area contributed by atoms with Crippen LogP contribution in [0.1, 0.15) is 11.1 Å². The highest BCUT2D eigenvalue weighted by Crippen LogP contribution is 2.35. The van der Waals surface area contributed by atoms with Crippen molar-refractivity contribution in [2.45, 2.75) is 0 Å². The van der Waals surface area contributed by atoms with Gasteiger partial charge in [-0.3, -0.25) is 0 Å². The summed E-state index contributed by atoms with van der Waals surface area (Å²) < 4.78 is 0. The summed E-state index contributed by atoms with van der Waals surface area (Å²) in [5.74, 6) is 6.62. The lowest BCUT2D eigenvalue weighted by Crippen LogP contribution is -1.86. The summed E-state index contributed by atoms with van der Waals surface area (Å²) in [5, 5.41) is 7.73. The highest BCUT2D eigenvalue weighted by Gasteiger charge is 2.09. The highest BCUT2D eigenvalue weighted by molar-refractivity contribution is 6.23. The molecule has 0 aliphatic carbocycles. The fourth-order valence-electron chi connectivity index (χ4n) is 3.45. The summed E-state index contributed by atoms with van der Waals surface area (Å²) >= 11 is 0. The Morgan fingerprint density at radius 2 is 1.25 bits per heavy atom. The summed E-state index contributed by atoms with van der Waals surface area (Å²) in [6.45, 7) is 0. The molecule has 24 heavy (non-hydrogen) atoms. The van der Waals surface area contributed by atoms with Crippen LogP contribution in [0.3, 0.4) is 0 Å². The zero-order valence-corrected chi connectivity index (χ0v) is 13.0. The van der Waals surface area contributed by atoms with E-state index in [1.165, 1.54) is 32.3 Å². The van der Waals surface area contributed by atoms with Gasteiger partial charge in [-0.25, -0.2) is 0 Å². The first-order valence-electron chi connectivity index (χ1n) is 8.05. The molecule has 5 aromatic carbocycles. The fourth-order valence-corrected chi connectivity index (χ4v) is 3.45. The molecule has 0 N–H and O–H groups in total. The summed E-state index contributed by atoms with van der Waals surface area (Å²) in [5.41, 5.74) is 2.09. The van der Waals surface area contributed by atoms with Gasteiger partial charge in [0.25, 0.3) is 0 Å². The molecule has 0 amide bonds. The zero-order valence-electron chi connectivity index (χ0n) is 13.0. The minimum atomic E-state index is 1.01. The van der Waals surface area contributed by atoms with Crippen LogP contribution in [0.5, 0.6) is 0 Å². The molecule has 0 heteroatoms. The molecule has 0 aromatic heterocycles. The van der Waals surface area contributed by atoms with Crippen LogP contribution in [0.25, 0.3) is 32.3 Å². The standard InChI is InChI=1S/C24H13/c1-2-5-17(6-3-1)9-10-18-11-12-21-14-13-19-7-4-8-20-15-16-22(18)24(21)23(19)20/h2-8,11-16H. The Kier molecular flexibility index (Phi) is 2.81. The minimum Gasteiger partial charge on any atom is -0.0616 e. The molecule has 5 aromatic rings. The SMILES string of the molecule is C(#Cc1ccc2ccc3cccc4ccc1c2c34)c1cc[c]cc1. The third-order valence-corrected chi connectivity index (χ3v) is 4.59. The Morgan fingerprint density at radius 3 is 2.04 bits per heavy atom. The maximum absolute atomic E-state index is 3.35. The number of hydrogen-bond donors (Lipinski definition) is 0. The maximum Gasteiger partial charge on any atom is 0.0328 e. The fraction of sp³-hybridized carbons (Fsp3) is 0. The van der Waals surface area contributed by atoms with Gasteiger partial charge < -0.3 is 0 Å². The van der Waals surface area contributed by atoms with Crippen LogP contribution in [-0.4, -0.2) is 0 Å². The van der Waals surface area contributed by atoms with Crippen molar-refractivity contribution in [2.75, 3.05) is 0 Å². The molecular formula is C24H13. The van der Waals surface area contributed by atoms with E-state index in [1.807, 2.05) is 24.3 Å². The lowest BCUT2D eigenvalue weighted by atomic mass is 9.92. The van der Waals surface area contributed by atoms with Gasteiger partial charge in [0, 0.05) is 11.1 Å². The Bertz CT molecular complexity index is 1220. The molecule has 0 unspecified atom stereocenters. The zero-order chi connectivity index (χ0) is 15.9. The summed E-state index contributed by atoms with van der Waals surface area (Å²) in [6.07, 6.45) is 0. The number of hydrogen-bond acceptors (Lipinski definition) is 0. The maximum atomic E-state index is 3.35. The van der Waals surface area contributed by atoms with Crippen molar-refractivity contribution in [3.8, 4) is 11.8 Å². The first kappa shape index (κ1) is 13.2. The molecule has 0 heterocycles. The van der Waals surface area contributed by atoms with E-state index in [0.717, 1.165) is 11.1 Å². The Balaban J connectivity index is 1.83. The molecule has 0 saturated heterocycles. The number of benzene rings is 5. The van der Waals surface area contributed by atoms with Gasteiger partial charge in [-0.1, -0.05) is 72.5 Å². The van der Waals surface area contributed by atoms with Gasteiger partial charge in [0.2, 0.25) is 0 Å². The lowest BCUT2D eigenvalue weighted by molar-refractivity contribution is 1.63. The van der Waals surface area contributed by atoms with Crippen LogP contribution in [0.4, 0.5) is 0 Å². The molecule has 0 atom stereocenters. The molecule has 0 fully saturated rings. The van der Waals surface area contributed by atoms with Crippen molar-refractivity contribution >= 4 is 32.3 Å². The molecule has 109 valence electrons. The first-order valence-corrected chi connectivity index (χ1v) is 8.05. The third-order valence-electron chi connectivity index (χ3n) is 4.59. The second kappa shape index (κ2) is 5.11. The summed E-state index contributed by atoms with van der Waals surface area (Å²) in [6, 6.07) is 30.4. The monoisotopic (exact) mass is 301 g/mol. The van der Waals surface area contributed by atoms with Crippen molar-refractivity contribution in [3.05, 3.63) is 96.1 Å². The van der Waals surface area contributed by atoms with E-state index in [2.05, 4.69) is 72.5 Å². The van der Waals surface area contributed by atoms with E-state index in [-0.39, 0.29) is 0 Å². The Labute approximate surface area is 140 Å².